The molecule has 0 radical (unpaired) electrons. The molecule has 1 aromatic carbocycles. The first-order chi connectivity index (χ1) is 7.94. The molecule has 1 nitrogen and oxygen atoms in total. The highest BCUT2D eigenvalue weighted by molar-refractivity contribution is 6.21. The Bertz CT molecular complexity index is 417. The van der Waals surface area contributed by atoms with Gasteiger partial charge in [-0.15, -0.1) is 11.6 Å². The number of hydrogen-bond donors (Lipinski definition) is 1. The van der Waals surface area contributed by atoms with Crippen molar-refractivity contribution in [1.29, 1.82) is 0 Å². The Morgan fingerprint density at radius 3 is 2.53 bits per heavy atom. The molecule has 0 heterocycles. The summed E-state index contributed by atoms with van der Waals surface area (Å²) in [7, 11) is 0. The standard InChI is InChI=1S/C15H19ClO/c1-15(2)9-12(8-13(16)10-15)7-11-3-5-14(17)6-4-11/h3-6,8,13,17H,7,9-10H2,1-2H3. The maximum Gasteiger partial charge on any atom is 0.115 e. The number of halogens is 1. The van der Waals surface area contributed by atoms with Crippen molar-refractivity contribution in [2.45, 2.75) is 38.5 Å². The number of phenolic OH excluding ortho intramolecular Hbond substituents is 1. The molecule has 0 amide bonds. The van der Waals surface area contributed by atoms with Crippen molar-refractivity contribution in [2.24, 2.45) is 5.41 Å². The van der Waals surface area contributed by atoms with Gasteiger partial charge in [0.25, 0.3) is 0 Å². The van der Waals surface area contributed by atoms with Gasteiger partial charge in [-0.3, -0.25) is 0 Å². The van der Waals surface area contributed by atoms with Gasteiger partial charge in [0, 0.05) is 0 Å². The van der Waals surface area contributed by atoms with Crippen LogP contribution in [0.25, 0.3) is 0 Å². The molecule has 0 aromatic heterocycles. The highest BCUT2D eigenvalue weighted by Gasteiger charge is 2.27. The largest absolute Gasteiger partial charge is 0.508 e. The van der Waals surface area contributed by atoms with E-state index in [4.69, 9.17) is 11.6 Å². The summed E-state index contributed by atoms with van der Waals surface area (Å²) < 4.78 is 0. The van der Waals surface area contributed by atoms with Crippen molar-refractivity contribution in [2.75, 3.05) is 0 Å². The lowest BCUT2D eigenvalue weighted by atomic mass is 9.76. The van der Waals surface area contributed by atoms with E-state index in [0.29, 0.717) is 11.2 Å². The third-order valence-corrected chi connectivity index (χ3v) is 3.52. The van der Waals surface area contributed by atoms with Crippen molar-refractivity contribution in [3.05, 3.63) is 41.5 Å². The van der Waals surface area contributed by atoms with Crippen molar-refractivity contribution >= 4 is 11.6 Å². The third kappa shape index (κ3) is 3.50. The molecule has 0 saturated heterocycles. The number of rotatable bonds is 2. The summed E-state index contributed by atoms with van der Waals surface area (Å²) in [6.07, 6.45) is 5.29. The normalized spacial score (nSPS) is 23.2. The quantitative estimate of drug-likeness (QED) is 0.613. The minimum atomic E-state index is 0.158. The van der Waals surface area contributed by atoms with Crippen molar-refractivity contribution < 1.29 is 5.11 Å². The first-order valence-corrected chi connectivity index (χ1v) is 6.50. The Balaban J connectivity index is 2.11. The van der Waals surface area contributed by atoms with E-state index in [1.54, 1.807) is 12.1 Å². The van der Waals surface area contributed by atoms with E-state index in [-0.39, 0.29) is 5.38 Å². The lowest BCUT2D eigenvalue weighted by Gasteiger charge is -2.32. The Hall–Kier alpha value is -0.950. The number of alkyl halides is 1. The van der Waals surface area contributed by atoms with Crippen LogP contribution in [-0.2, 0) is 6.42 Å². The molecule has 0 aliphatic heterocycles. The van der Waals surface area contributed by atoms with Crippen molar-refractivity contribution in [3.63, 3.8) is 0 Å². The van der Waals surface area contributed by atoms with Crippen LogP contribution in [0.3, 0.4) is 0 Å². The van der Waals surface area contributed by atoms with Gasteiger partial charge in [-0.25, -0.2) is 0 Å². The minimum absolute atomic E-state index is 0.158. The van der Waals surface area contributed by atoms with Crippen LogP contribution in [0.2, 0.25) is 0 Å². The summed E-state index contributed by atoms with van der Waals surface area (Å²) >= 11 is 6.27. The SMILES string of the molecule is CC1(C)CC(Cc2ccc(O)cc2)=CC(Cl)C1. The van der Waals surface area contributed by atoms with Crippen LogP contribution in [0.1, 0.15) is 32.3 Å². The molecule has 0 bridgehead atoms. The molecule has 1 N–H and O–H groups in total. The van der Waals surface area contributed by atoms with Crippen LogP contribution in [-0.4, -0.2) is 10.5 Å². The summed E-state index contributed by atoms with van der Waals surface area (Å²) in [6, 6.07) is 7.42. The molecule has 0 fully saturated rings. The predicted molar refractivity (Wildman–Crippen MR) is 72.5 cm³/mol. The minimum Gasteiger partial charge on any atom is -0.508 e. The summed E-state index contributed by atoms with van der Waals surface area (Å²) in [5.74, 6) is 0.321. The van der Waals surface area contributed by atoms with Crippen LogP contribution in [0, 0.1) is 5.41 Å². The van der Waals surface area contributed by atoms with E-state index in [1.165, 1.54) is 11.1 Å². The van der Waals surface area contributed by atoms with Gasteiger partial charge in [0.2, 0.25) is 0 Å². The summed E-state index contributed by atoms with van der Waals surface area (Å²) in [4.78, 5) is 0. The second kappa shape index (κ2) is 4.73. The van der Waals surface area contributed by atoms with E-state index < -0.39 is 0 Å². The van der Waals surface area contributed by atoms with E-state index in [1.807, 2.05) is 12.1 Å². The van der Waals surface area contributed by atoms with Gasteiger partial charge in [-0.1, -0.05) is 37.6 Å². The predicted octanol–water partition coefficient (Wildman–Crippen LogP) is 4.29. The smallest absolute Gasteiger partial charge is 0.115 e. The number of benzene rings is 1. The molecule has 1 aliphatic carbocycles. The summed E-state index contributed by atoms with van der Waals surface area (Å²) in [6.45, 7) is 4.54. The first kappa shape index (κ1) is 12.5. The van der Waals surface area contributed by atoms with Crippen LogP contribution in [0.4, 0.5) is 0 Å². The third-order valence-electron chi connectivity index (χ3n) is 3.24. The van der Waals surface area contributed by atoms with Gasteiger partial charge in [0.15, 0.2) is 0 Å². The second-order valence-electron chi connectivity index (χ2n) is 5.73. The fourth-order valence-electron chi connectivity index (χ4n) is 2.59. The Labute approximate surface area is 108 Å². The van der Waals surface area contributed by atoms with Crippen LogP contribution in [0.15, 0.2) is 35.9 Å². The molecule has 17 heavy (non-hydrogen) atoms. The Kier molecular flexibility index (Phi) is 3.48. The average Bonchev–Trinajstić information content (AvgIpc) is 2.18. The molecule has 1 unspecified atom stereocenters. The maximum atomic E-state index is 9.25. The van der Waals surface area contributed by atoms with E-state index in [0.717, 1.165) is 19.3 Å². The Morgan fingerprint density at radius 2 is 1.94 bits per heavy atom. The zero-order chi connectivity index (χ0) is 12.5. The molecule has 92 valence electrons. The van der Waals surface area contributed by atoms with Crippen molar-refractivity contribution in [3.8, 4) is 5.75 Å². The second-order valence-corrected chi connectivity index (χ2v) is 6.29. The molecule has 0 saturated carbocycles. The van der Waals surface area contributed by atoms with Gasteiger partial charge < -0.3 is 5.11 Å². The first-order valence-electron chi connectivity index (χ1n) is 6.06. The molecule has 2 rings (SSSR count). The molecule has 1 aromatic rings. The van der Waals surface area contributed by atoms with Crippen molar-refractivity contribution in [1.82, 2.24) is 0 Å². The zero-order valence-electron chi connectivity index (χ0n) is 10.4. The van der Waals surface area contributed by atoms with Gasteiger partial charge in [0.1, 0.15) is 5.75 Å². The van der Waals surface area contributed by atoms with Gasteiger partial charge in [-0.05, 0) is 42.4 Å². The molecular formula is C15H19ClO. The molecular weight excluding hydrogens is 232 g/mol. The highest BCUT2D eigenvalue weighted by Crippen LogP contribution is 2.38. The fraction of sp³-hybridized carbons (Fsp3) is 0.467. The number of hydrogen-bond acceptors (Lipinski definition) is 1. The molecule has 0 spiro atoms. The lowest BCUT2D eigenvalue weighted by molar-refractivity contribution is 0.320. The fourth-order valence-corrected chi connectivity index (χ4v) is 3.18. The van der Waals surface area contributed by atoms with E-state index in [9.17, 15) is 5.11 Å². The maximum absolute atomic E-state index is 9.25. The van der Waals surface area contributed by atoms with Crippen LogP contribution in [0.5, 0.6) is 5.75 Å². The summed E-state index contributed by atoms with van der Waals surface area (Å²) in [5, 5.41) is 9.41. The van der Waals surface area contributed by atoms with Gasteiger partial charge in [-0.2, -0.15) is 0 Å². The molecule has 1 aliphatic rings. The average molecular weight is 251 g/mol. The molecule has 2 heteroatoms. The van der Waals surface area contributed by atoms with Crippen LogP contribution < -0.4 is 0 Å². The van der Waals surface area contributed by atoms with E-state index in [2.05, 4.69) is 19.9 Å². The summed E-state index contributed by atoms with van der Waals surface area (Å²) in [5.41, 5.74) is 2.94. The number of aromatic hydroxyl groups is 1. The highest BCUT2D eigenvalue weighted by atomic mass is 35.5. The van der Waals surface area contributed by atoms with Gasteiger partial charge >= 0.3 is 0 Å². The van der Waals surface area contributed by atoms with Crippen LogP contribution >= 0.6 is 11.6 Å². The number of allylic oxidation sites excluding steroid dienone is 2. The van der Waals surface area contributed by atoms with E-state index >= 15 is 0 Å². The lowest BCUT2D eigenvalue weighted by Crippen LogP contribution is -2.22. The zero-order valence-corrected chi connectivity index (χ0v) is 11.2. The number of phenols is 1. The Morgan fingerprint density at radius 1 is 1.29 bits per heavy atom. The topological polar surface area (TPSA) is 20.2 Å². The monoisotopic (exact) mass is 250 g/mol. The molecule has 1 atom stereocenters. The van der Waals surface area contributed by atoms with Gasteiger partial charge in [0.05, 0.1) is 5.38 Å².